The summed E-state index contributed by atoms with van der Waals surface area (Å²) in [6, 6.07) is 7.12. The Kier molecular flexibility index (Phi) is 18.6. The minimum absolute atomic E-state index is 0.0134. The Morgan fingerprint density at radius 1 is 0.655 bits per heavy atom. The topological polar surface area (TPSA) is 221 Å². The van der Waals surface area contributed by atoms with Crippen molar-refractivity contribution in [2.45, 2.75) is 32.2 Å². The molecule has 5 rings (SSSR count). The number of allylic oxidation sites excluding steroid dienone is 2. The van der Waals surface area contributed by atoms with Crippen LogP contribution in [0.4, 0.5) is 10.0 Å². The largest absolute Gasteiger partial charge is 0.870 e. The standard InChI is InChI=1S/C37H52N8O11S2/c1-42(7-13-55-25-27-23-44(40-38-27)9-15-51-19-21-53-17-11-46)31-5-3-29(57-31)33-35(48)34(37(50)36(33)49)30-4-6-32(58-30)43(2)8-14-56-26-28-24-45(41-39-28)10-16-52-20-22-54-18-12-47/h3-6,23-24,33,46-47,50H,7-22,25-26H2,1-2H3/p-1. The Morgan fingerprint density at radius 2 is 1.16 bits per heavy atom. The van der Waals surface area contributed by atoms with E-state index in [1.54, 1.807) is 33.9 Å². The molecule has 0 spiro atoms. The van der Waals surface area contributed by atoms with Gasteiger partial charge in [0.15, 0.2) is 11.6 Å². The molecule has 1 unspecified atom stereocenters. The van der Waals surface area contributed by atoms with Gasteiger partial charge in [0.25, 0.3) is 0 Å². The van der Waals surface area contributed by atoms with Crippen molar-refractivity contribution in [2.24, 2.45) is 0 Å². The molecule has 2 N–H and O–H groups in total. The SMILES string of the molecule is CN(CCOCc1cn(CCOCCOCCO)nn1)c1ccc(C2=C([O-])C(=O)C(c3ccc(N(C)CCOCc4cn(CCOCCOCCO)nn4)s3)C2=O)s1. The average molecular weight is 848 g/mol. The Hall–Kier alpha value is -4.16. The fourth-order valence-electron chi connectivity index (χ4n) is 5.58. The highest BCUT2D eigenvalue weighted by Gasteiger charge is 2.40. The number of ketones is 2. The number of Topliss-reactive ketones (excluding diaryl/α,β-unsaturated/α-hetero) is 2. The molecule has 0 saturated carbocycles. The lowest BCUT2D eigenvalue weighted by molar-refractivity contribution is -0.296. The summed E-state index contributed by atoms with van der Waals surface area (Å²) in [5, 5.41) is 48.7. The van der Waals surface area contributed by atoms with Crippen LogP contribution in [0.3, 0.4) is 0 Å². The van der Waals surface area contributed by atoms with Crippen LogP contribution in [0.5, 0.6) is 0 Å². The van der Waals surface area contributed by atoms with Gasteiger partial charge in [0.05, 0.1) is 128 Å². The highest BCUT2D eigenvalue weighted by atomic mass is 32.1. The first-order valence-corrected chi connectivity index (χ1v) is 20.5. The number of hydrogen-bond acceptors (Lipinski definition) is 19. The number of rotatable bonds is 30. The number of hydrogen-bond donors (Lipinski definition) is 2. The molecule has 4 heterocycles. The van der Waals surface area contributed by atoms with Gasteiger partial charge in [0.2, 0.25) is 0 Å². The lowest BCUT2D eigenvalue weighted by atomic mass is 10.0. The zero-order chi connectivity index (χ0) is 41.1. The number of nitrogens with zero attached hydrogens (tertiary/aromatic N) is 8. The van der Waals surface area contributed by atoms with E-state index in [9.17, 15) is 14.7 Å². The zero-order valence-corrected chi connectivity index (χ0v) is 34.4. The van der Waals surface area contributed by atoms with Crippen molar-refractivity contribution in [3.8, 4) is 0 Å². The molecule has 0 bridgehead atoms. The molecular formula is C37H51N8O11S2-. The number of anilines is 2. The Morgan fingerprint density at radius 3 is 1.69 bits per heavy atom. The summed E-state index contributed by atoms with van der Waals surface area (Å²) < 4.78 is 36.2. The molecule has 0 saturated heterocycles. The van der Waals surface area contributed by atoms with Gasteiger partial charge in [0.1, 0.15) is 17.3 Å². The number of aliphatic hydroxyl groups is 2. The number of ether oxygens (including phenoxy) is 6. The van der Waals surface area contributed by atoms with E-state index in [0.717, 1.165) is 10.0 Å². The molecule has 4 aromatic heterocycles. The van der Waals surface area contributed by atoms with Crippen molar-refractivity contribution >= 4 is 49.8 Å². The number of aliphatic hydroxyl groups excluding tert-OH is 2. The van der Waals surface area contributed by atoms with Gasteiger partial charge in [-0.25, -0.2) is 9.36 Å². The van der Waals surface area contributed by atoms with Gasteiger partial charge in [-0.1, -0.05) is 16.2 Å². The molecule has 318 valence electrons. The van der Waals surface area contributed by atoms with Crippen molar-refractivity contribution in [1.82, 2.24) is 30.0 Å². The maximum Gasteiger partial charge on any atom is 0.179 e. The zero-order valence-electron chi connectivity index (χ0n) is 32.7. The molecule has 0 fully saturated rings. The predicted octanol–water partition coefficient (Wildman–Crippen LogP) is 0.357. The van der Waals surface area contributed by atoms with Crippen LogP contribution in [-0.4, -0.2) is 158 Å². The number of likely N-dealkylation sites (N-methyl/N-ethyl adjacent to an activating group) is 2. The molecule has 0 radical (unpaired) electrons. The van der Waals surface area contributed by atoms with E-state index >= 15 is 0 Å². The molecule has 58 heavy (non-hydrogen) atoms. The lowest BCUT2D eigenvalue weighted by Crippen LogP contribution is -2.21. The van der Waals surface area contributed by atoms with E-state index in [2.05, 4.69) is 20.6 Å². The first-order valence-electron chi connectivity index (χ1n) is 18.9. The highest BCUT2D eigenvalue weighted by Crippen LogP contribution is 2.42. The Labute approximate surface area is 344 Å². The molecule has 1 atom stereocenters. The van der Waals surface area contributed by atoms with Crippen LogP contribution < -0.4 is 14.9 Å². The summed E-state index contributed by atoms with van der Waals surface area (Å²) >= 11 is 2.59. The number of thiophene rings is 2. The van der Waals surface area contributed by atoms with Crippen LogP contribution in [0.25, 0.3) is 5.57 Å². The van der Waals surface area contributed by atoms with E-state index < -0.39 is 23.2 Å². The van der Waals surface area contributed by atoms with E-state index in [1.807, 2.05) is 36.0 Å². The molecule has 19 nitrogen and oxygen atoms in total. The molecule has 0 amide bonds. The number of carbonyl (C=O) groups excluding carboxylic acids is 2. The highest BCUT2D eigenvalue weighted by molar-refractivity contribution is 7.18. The molecule has 4 aromatic rings. The lowest BCUT2D eigenvalue weighted by Gasteiger charge is -2.17. The van der Waals surface area contributed by atoms with Crippen LogP contribution in [0.15, 0.2) is 42.4 Å². The second kappa shape index (κ2) is 24.1. The monoisotopic (exact) mass is 847 g/mol. The second-order valence-corrected chi connectivity index (χ2v) is 15.1. The fraction of sp³-hybridized carbons (Fsp3) is 0.568. The third-order valence-electron chi connectivity index (χ3n) is 8.67. The second-order valence-electron chi connectivity index (χ2n) is 13.0. The van der Waals surface area contributed by atoms with Crippen molar-refractivity contribution in [3.63, 3.8) is 0 Å². The summed E-state index contributed by atoms with van der Waals surface area (Å²) in [5.74, 6) is -3.10. The van der Waals surface area contributed by atoms with Crippen LogP contribution >= 0.6 is 22.7 Å². The van der Waals surface area contributed by atoms with Crippen LogP contribution in [0.1, 0.15) is 27.1 Å². The van der Waals surface area contributed by atoms with E-state index in [-0.39, 0.29) is 32.0 Å². The van der Waals surface area contributed by atoms with Crippen LogP contribution in [0, 0.1) is 0 Å². The summed E-state index contributed by atoms with van der Waals surface area (Å²) in [5.41, 5.74) is 1.31. The first kappa shape index (κ1) is 44.9. The van der Waals surface area contributed by atoms with Gasteiger partial charge in [-0.2, -0.15) is 0 Å². The van der Waals surface area contributed by atoms with Gasteiger partial charge in [-0.15, -0.1) is 32.9 Å². The maximum atomic E-state index is 13.6. The minimum atomic E-state index is -1.15. The van der Waals surface area contributed by atoms with Crippen molar-refractivity contribution in [3.05, 3.63) is 63.6 Å². The quantitative estimate of drug-likeness (QED) is 0.0534. The van der Waals surface area contributed by atoms with E-state index in [4.69, 9.17) is 38.6 Å². The average Bonchev–Trinajstić information content (AvgIpc) is 4.08. The van der Waals surface area contributed by atoms with Gasteiger partial charge >= 0.3 is 0 Å². The fourth-order valence-corrected chi connectivity index (χ4v) is 7.72. The predicted molar refractivity (Wildman–Crippen MR) is 212 cm³/mol. The summed E-state index contributed by atoms with van der Waals surface area (Å²) in [7, 11) is 3.78. The summed E-state index contributed by atoms with van der Waals surface area (Å²) in [6.07, 6.45) is 3.60. The normalized spacial score (nSPS) is 14.4. The third-order valence-corrected chi connectivity index (χ3v) is 11.1. The van der Waals surface area contributed by atoms with Gasteiger partial charge in [-0.05, 0) is 24.3 Å². The van der Waals surface area contributed by atoms with Crippen molar-refractivity contribution in [2.75, 3.05) is 116 Å². The van der Waals surface area contributed by atoms with Gasteiger partial charge in [0, 0.05) is 42.5 Å². The molecule has 0 aliphatic heterocycles. The number of aromatic nitrogens is 6. The summed E-state index contributed by atoms with van der Waals surface area (Å²) in [4.78, 5) is 31.7. The molecule has 0 aromatic carbocycles. The van der Waals surface area contributed by atoms with Crippen LogP contribution in [0.2, 0.25) is 0 Å². The van der Waals surface area contributed by atoms with E-state index in [0.29, 0.717) is 113 Å². The molecule has 21 heteroatoms. The first-order chi connectivity index (χ1) is 28.3. The van der Waals surface area contributed by atoms with Crippen molar-refractivity contribution < 1.29 is 53.3 Å². The molecule has 1 aliphatic carbocycles. The Balaban J connectivity index is 1.00. The molecular weight excluding hydrogens is 797 g/mol. The smallest absolute Gasteiger partial charge is 0.179 e. The van der Waals surface area contributed by atoms with Gasteiger partial charge < -0.3 is 53.5 Å². The third kappa shape index (κ3) is 13.4. The number of carbonyl (C=O) groups is 2. The van der Waals surface area contributed by atoms with Crippen molar-refractivity contribution in [1.29, 1.82) is 0 Å². The van der Waals surface area contributed by atoms with Gasteiger partial charge in [-0.3, -0.25) is 9.59 Å². The maximum absolute atomic E-state index is 13.6. The summed E-state index contributed by atoms with van der Waals surface area (Å²) in [6.45, 7) is 6.69. The molecule has 1 aliphatic rings. The Bertz CT molecular complexity index is 1880. The van der Waals surface area contributed by atoms with Crippen LogP contribution in [-0.2, 0) is 64.3 Å². The minimum Gasteiger partial charge on any atom is -0.870 e. The van der Waals surface area contributed by atoms with E-state index in [1.165, 1.54) is 22.7 Å².